The van der Waals surface area contributed by atoms with Gasteiger partial charge in [0.25, 0.3) is 6.71 Å². The van der Waals surface area contributed by atoms with E-state index in [9.17, 15) is 0 Å². The topological polar surface area (TPSA) is 9.72 Å². The molecule has 11 rings (SSSR count). The third-order valence-corrected chi connectivity index (χ3v) is 17.6. The van der Waals surface area contributed by atoms with E-state index in [0.29, 0.717) is 0 Å². The van der Waals surface area contributed by atoms with Crippen molar-refractivity contribution in [2.75, 3.05) is 14.7 Å². The molecule has 2 saturated carbocycles. The summed E-state index contributed by atoms with van der Waals surface area (Å²) in [6, 6.07) is 34.8. The van der Waals surface area contributed by atoms with Gasteiger partial charge in [-0.1, -0.05) is 130 Å². The number of hydrogen-bond donors (Lipinski definition) is 0. The molecular weight excluding hydrogens is 725 g/mol. The van der Waals surface area contributed by atoms with Crippen LogP contribution in [0.3, 0.4) is 0 Å². The molecule has 4 unspecified atom stereocenters. The van der Waals surface area contributed by atoms with E-state index in [1.807, 2.05) is 0 Å². The summed E-state index contributed by atoms with van der Waals surface area (Å²) >= 11 is 0. The zero-order chi connectivity index (χ0) is 42.1. The minimum absolute atomic E-state index is 0.00644. The van der Waals surface area contributed by atoms with Gasteiger partial charge in [0.05, 0.1) is 11.1 Å². The summed E-state index contributed by atoms with van der Waals surface area (Å²) in [5.41, 5.74) is 22.8. The van der Waals surface area contributed by atoms with Gasteiger partial charge in [-0.25, -0.2) is 0 Å². The molecule has 6 aliphatic rings. The van der Waals surface area contributed by atoms with Gasteiger partial charge in [-0.2, -0.15) is 0 Å². The van der Waals surface area contributed by atoms with Crippen LogP contribution in [0.25, 0.3) is 0 Å². The Kier molecular flexibility index (Phi) is 7.79. The van der Waals surface area contributed by atoms with Gasteiger partial charge in [0.2, 0.25) is 0 Å². The van der Waals surface area contributed by atoms with Crippen molar-refractivity contribution in [3.63, 3.8) is 0 Å². The van der Waals surface area contributed by atoms with Crippen LogP contribution in [0.5, 0.6) is 0 Å². The van der Waals surface area contributed by atoms with Crippen LogP contribution in [0.4, 0.5) is 39.8 Å². The van der Waals surface area contributed by atoms with Crippen LogP contribution < -0.4 is 31.1 Å². The Morgan fingerprint density at radius 2 is 1.17 bits per heavy atom. The van der Waals surface area contributed by atoms with Crippen molar-refractivity contribution in [1.82, 2.24) is 0 Å². The maximum absolute atomic E-state index is 2.93. The summed E-state index contributed by atoms with van der Waals surface area (Å²) in [5, 5.41) is 0. The molecule has 0 spiro atoms. The van der Waals surface area contributed by atoms with Gasteiger partial charge >= 0.3 is 0 Å². The Morgan fingerprint density at radius 1 is 0.533 bits per heavy atom. The van der Waals surface area contributed by atoms with E-state index in [1.54, 1.807) is 11.1 Å². The molecule has 4 atom stereocenters. The molecule has 5 aromatic rings. The summed E-state index contributed by atoms with van der Waals surface area (Å²) in [7, 11) is 0. The van der Waals surface area contributed by atoms with Gasteiger partial charge in [0.1, 0.15) is 0 Å². The van der Waals surface area contributed by atoms with E-state index < -0.39 is 0 Å². The Balaban J connectivity index is 1.28. The summed E-state index contributed by atoms with van der Waals surface area (Å²) < 4.78 is 0. The van der Waals surface area contributed by atoms with Crippen LogP contribution in [-0.4, -0.2) is 17.8 Å². The number of nitrogens with zero attached hydrogens (tertiary/aromatic N) is 3. The molecule has 0 amide bonds. The number of anilines is 7. The van der Waals surface area contributed by atoms with Gasteiger partial charge in [-0.05, 0) is 150 Å². The van der Waals surface area contributed by atoms with Gasteiger partial charge in [0, 0.05) is 50.6 Å². The van der Waals surface area contributed by atoms with Crippen LogP contribution in [0.15, 0.2) is 84.9 Å². The fourth-order valence-corrected chi connectivity index (χ4v) is 14.0. The zero-order valence-corrected chi connectivity index (χ0v) is 38.7. The normalized spacial score (nSPS) is 27.3. The van der Waals surface area contributed by atoms with Gasteiger partial charge < -0.3 is 14.7 Å². The Bertz CT molecular complexity index is 2660. The first-order valence-corrected chi connectivity index (χ1v) is 23.4. The Morgan fingerprint density at radius 3 is 1.88 bits per heavy atom. The maximum Gasteiger partial charge on any atom is 0.252 e. The molecule has 0 radical (unpaired) electrons. The average molecular weight is 792 g/mol. The summed E-state index contributed by atoms with van der Waals surface area (Å²) in [5.74, 6) is 0. The second-order valence-electron chi connectivity index (χ2n) is 23.0. The first-order valence-electron chi connectivity index (χ1n) is 23.4. The van der Waals surface area contributed by atoms with Crippen LogP contribution in [0.1, 0.15) is 154 Å². The van der Waals surface area contributed by atoms with Crippen LogP contribution in [0, 0.1) is 13.8 Å². The SMILES string of the molecule is Cc1cc(C)c2c(c1)N(c1cc3c4c(c1)N1c5c(cccc5C5(C)CCCCC15C)B4c1ccc(C(C)(C)C)cc1N3c1cccc(C(C)(C)C)c1)C1(C)CCCCC21C. The quantitative estimate of drug-likeness (QED) is 0.162. The monoisotopic (exact) mass is 792 g/mol. The molecule has 4 heteroatoms. The minimum atomic E-state index is -0.0541. The molecule has 5 aromatic carbocycles. The van der Waals surface area contributed by atoms with Gasteiger partial charge in [0.15, 0.2) is 0 Å². The van der Waals surface area contributed by atoms with E-state index in [2.05, 4.69) is 183 Å². The number of hydrogen-bond acceptors (Lipinski definition) is 3. The summed E-state index contributed by atoms with van der Waals surface area (Å²) in [4.78, 5) is 8.50. The largest absolute Gasteiger partial charge is 0.335 e. The highest BCUT2D eigenvalue weighted by Crippen LogP contribution is 2.65. The van der Waals surface area contributed by atoms with Gasteiger partial charge in [-0.3, -0.25) is 0 Å². The molecular formula is C56H66BN3. The van der Waals surface area contributed by atoms with E-state index >= 15 is 0 Å². The predicted molar refractivity (Wildman–Crippen MR) is 258 cm³/mol. The second-order valence-corrected chi connectivity index (χ2v) is 23.0. The van der Waals surface area contributed by atoms with Crippen LogP contribution in [0.2, 0.25) is 0 Å². The molecule has 2 fully saturated rings. The number of benzene rings is 5. The van der Waals surface area contributed by atoms with Crippen molar-refractivity contribution in [2.45, 2.75) is 167 Å². The average Bonchev–Trinajstić information content (AvgIpc) is 3.53. The molecule has 3 nitrogen and oxygen atoms in total. The van der Waals surface area contributed by atoms with E-state index in [-0.39, 0.29) is 39.5 Å². The van der Waals surface area contributed by atoms with Crippen molar-refractivity contribution < 1.29 is 0 Å². The van der Waals surface area contributed by atoms with Crippen LogP contribution >= 0.6 is 0 Å². The van der Waals surface area contributed by atoms with Crippen molar-refractivity contribution in [3.8, 4) is 0 Å². The molecule has 4 heterocycles. The van der Waals surface area contributed by atoms with Crippen LogP contribution in [-0.2, 0) is 21.7 Å². The van der Waals surface area contributed by atoms with E-state index in [0.717, 1.165) is 0 Å². The summed E-state index contributed by atoms with van der Waals surface area (Å²) in [6.07, 6.45) is 9.97. The van der Waals surface area contributed by atoms with Crippen molar-refractivity contribution in [2.24, 2.45) is 0 Å². The molecule has 0 saturated heterocycles. The molecule has 0 aromatic heterocycles. The lowest BCUT2D eigenvalue weighted by atomic mass is 9.33. The third-order valence-electron chi connectivity index (χ3n) is 17.6. The molecule has 0 bridgehead atoms. The fourth-order valence-electron chi connectivity index (χ4n) is 14.0. The highest BCUT2D eigenvalue weighted by molar-refractivity contribution is 7.00. The molecule has 308 valence electrons. The Labute approximate surface area is 361 Å². The molecule has 2 aliphatic carbocycles. The lowest BCUT2D eigenvalue weighted by Crippen LogP contribution is -2.64. The number of rotatable bonds is 2. The number of para-hydroxylation sites is 1. The molecule has 60 heavy (non-hydrogen) atoms. The zero-order valence-electron chi connectivity index (χ0n) is 38.7. The third kappa shape index (κ3) is 4.75. The first-order chi connectivity index (χ1) is 28.3. The smallest absolute Gasteiger partial charge is 0.252 e. The second kappa shape index (κ2) is 12.1. The van der Waals surface area contributed by atoms with Gasteiger partial charge in [-0.15, -0.1) is 0 Å². The summed E-state index contributed by atoms with van der Waals surface area (Å²) in [6.45, 7) is 29.5. The lowest BCUT2D eigenvalue weighted by molar-refractivity contribution is 0.193. The maximum atomic E-state index is 2.93. The Hall–Kier alpha value is -4.44. The highest BCUT2D eigenvalue weighted by atomic mass is 15.3. The highest BCUT2D eigenvalue weighted by Gasteiger charge is 2.62. The minimum Gasteiger partial charge on any atom is -0.335 e. The standard InChI is InChI=1S/C56H66BN3/c1-35-29-36(2)48-45(30-35)59(56(12)28-16-14-26-54(48,56)10)40-33-46-49-47(34-40)60-50-41(53(9)25-13-15-27-55(53,60)11)21-18-22-43(50)57(49)42-24-23-38(52(6,7)8)32-44(42)58(46)39-20-17-19-37(31-39)51(3,4)5/h17-24,29-34H,13-16,25-28H2,1-12H3. The van der Waals surface area contributed by atoms with E-state index in [1.165, 1.54) is 130 Å². The number of aryl methyl sites for hydroxylation is 2. The number of fused-ring (bicyclic) bond motifs is 10. The lowest BCUT2D eigenvalue weighted by Gasteiger charge is -2.54. The molecule has 0 N–H and O–H groups in total. The van der Waals surface area contributed by atoms with E-state index in [4.69, 9.17) is 0 Å². The fraction of sp³-hybridized carbons (Fsp3) is 0.464. The van der Waals surface area contributed by atoms with Crippen molar-refractivity contribution >= 4 is 62.9 Å². The predicted octanol–water partition coefficient (Wildman–Crippen LogP) is 13.0. The molecule has 4 aliphatic heterocycles. The van der Waals surface area contributed by atoms with Crippen molar-refractivity contribution in [3.05, 3.63) is 118 Å². The first kappa shape index (κ1) is 38.5. The van der Waals surface area contributed by atoms with Crippen molar-refractivity contribution in [1.29, 1.82) is 0 Å².